The third-order valence-electron chi connectivity index (χ3n) is 10.9. The highest BCUT2D eigenvalue weighted by Gasteiger charge is 2.35. The number of phenolic OH excluding ortho intramolecular Hbond substituents is 1. The number of carbonyl (C=O) groups is 1. The van der Waals surface area contributed by atoms with Crippen molar-refractivity contribution in [1.29, 1.82) is 0 Å². The smallest absolute Gasteiger partial charge is 0.260 e. The number of aliphatic imine (C=N–C) groups is 2. The number of rotatable bonds is 13. The van der Waals surface area contributed by atoms with E-state index in [0.29, 0.717) is 65.1 Å². The number of anilines is 1. The first-order chi connectivity index (χ1) is 28.5. The minimum Gasteiger partial charge on any atom is -0.508 e. The van der Waals surface area contributed by atoms with E-state index >= 15 is 0 Å². The normalized spacial score (nSPS) is 19.2. The lowest BCUT2D eigenvalue weighted by atomic mass is 10.0. The van der Waals surface area contributed by atoms with Gasteiger partial charge in [0.25, 0.3) is 5.91 Å². The molecule has 12 heteroatoms. The highest BCUT2D eigenvalue weighted by molar-refractivity contribution is 6.05. The average Bonchev–Trinajstić information content (AvgIpc) is 3.80. The molecule has 0 saturated heterocycles. The summed E-state index contributed by atoms with van der Waals surface area (Å²) in [6.45, 7) is 7.33. The summed E-state index contributed by atoms with van der Waals surface area (Å²) >= 11 is 0. The molecule has 0 aliphatic carbocycles. The van der Waals surface area contributed by atoms with Crippen LogP contribution in [0.5, 0.6) is 28.7 Å². The molecular weight excluding hydrogens is 747 g/mol. The molecule has 4 aromatic rings. The summed E-state index contributed by atoms with van der Waals surface area (Å²) in [4.78, 5) is 26.9. The second kappa shape index (κ2) is 16.5. The van der Waals surface area contributed by atoms with Gasteiger partial charge >= 0.3 is 0 Å². The van der Waals surface area contributed by atoms with Crippen molar-refractivity contribution in [3.05, 3.63) is 107 Å². The SMILES string of the molecule is COc1cc2c(cc1OCCCCCOc1cc3c(cc1OC)C(O)N1C=C(c4ccc(NC(C)(C)C)cc4)C[C@H]1C=N3)N=C[C@@H]1CC(c3ccc(O)cc3)=CN1C2=O. The number of nitrogens with zero attached hydrogens (tertiary/aromatic N) is 4. The Bertz CT molecular complexity index is 2330. The molecule has 0 spiro atoms. The van der Waals surface area contributed by atoms with Gasteiger partial charge in [-0.3, -0.25) is 14.8 Å². The van der Waals surface area contributed by atoms with E-state index in [1.165, 1.54) is 0 Å². The Morgan fingerprint density at radius 1 is 0.729 bits per heavy atom. The fraction of sp³-hybridized carbons (Fsp3) is 0.340. The van der Waals surface area contributed by atoms with Crippen molar-refractivity contribution in [2.75, 3.05) is 32.8 Å². The van der Waals surface area contributed by atoms with Gasteiger partial charge in [0, 0.05) is 60.2 Å². The third-order valence-corrected chi connectivity index (χ3v) is 10.9. The van der Waals surface area contributed by atoms with Gasteiger partial charge < -0.3 is 44.3 Å². The summed E-state index contributed by atoms with van der Waals surface area (Å²) in [5, 5.41) is 24.8. The van der Waals surface area contributed by atoms with Gasteiger partial charge in [0.05, 0.1) is 56.5 Å². The van der Waals surface area contributed by atoms with Crippen LogP contribution in [0.15, 0.2) is 95.2 Å². The van der Waals surface area contributed by atoms with Crippen LogP contribution < -0.4 is 24.3 Å². The fourth-order valence-electron chi connectivity index (χ4n) is 7.91. The van der Waals surface area contributed by atoms with Gasteiger partial charge in [-0.15, -0.1) is 0 Å². The Kier molecular flexibility index (Phi) is 11.1. The molecule has 4 aromatic carbocycles. The van der Waals surface area contributed by atoms with Gasteiger partial charge in [-0.25, -0.2) is 0 Å². The molecular formula is C47H51N5O7. The number of hydrogen-bond donors (Lipinski definition) is 3. The molecule has 8 rings (SSSR count). The number of benzene rings is 4. The van der Waals surface area contributed by atoms with E-state index in [-0.39, 0.29) is 29.3 Å². The van der Waals surface area contributed by atoms with Crippen LogP contribution in [0.4, 0.5) is 17.1 Å². The van der Waals surface area contributed by atoms with Gasteiger partial charge in [0.1, 0.15) is 5.75 Å². The second-order valence-electron chi connectivity index (χ2n) is 16.3. The minimum atomic E-state index is -0.898. The molecule has 0 saturated carbocycles. The van der Waals surface area contributed by atoms with E-state index in [1.54, 1.807) is 49.6 Å². The topological polar surface area (TPSA) is 138 Å². The highest BCUT2D eigenvalue weighted by Crippen LogP contribution is 2.44. The minimum absolute atomic E-state index is 0.0217. The molecule has 0 aromatic heterocycles. The number of fused-ring (bicyclic) bond motifs is 4. The van der Waals surface area contributed by atoms with Crippen molar-refractivity contribution in [3.63, 3.8) is 0 Å². The maximum Gasteiger partial charge on any atom is 0.260 e. The lowest BCUT2D eigenvalue weighted by Crippen LogP contribution is -2.32. The number of aliphatic hydroxyl groups is 1. The quantitative estimate of drug-likeness (QED) is 0.113. The summed E-state index contributed by atoms with van der Waals surface area (Å²) < 4.78 is 23.7. The number of aliphatic hydroxyl groups excluding tert-OH is 1. The van der Waals surface area contributed by atoms with Gasteiger partial charge in [-0.1, -0.05) is 24.3 Å². The third kappa shape index (κ3) is 8.49. The van der Waals surface area contributed by atoms with Crippen LogP contribution in [0, 0.1) is 0 Å². The van der Waals surface area contributed by atoms with E-state index < -0.39 is 6.23 Å². The Morgan fingerprint density at radius 2 is 1.31 bits per heavy atom. The lowest BCUT2D eigenvalue weighted by Gasteiger charge is -2.27. The highest BCUT2D eigenvalue weighted by atomic mass is 16.5. The van der Waals surface area contributed by atoms with E-state index in [2.05, 4.69) is 50.4 Å². The van der Waals surface area contributed by atoms with Gasteiger partial charge in [0.2, 0.25) is 0 Å². The zero-order valence-corrected chi connectivity index (χ0v) is 34.1. The maximum atomic E-state index is 13.7. The van der Waals surface area contributed by atoms with Gasteiger partial charge in [0.15, 0.2) is 29.2 Å². The molecule has 1 unspecified atom stereocenters. The Balaban J connectivity index is 0.841. The molecule has 3 atom stereocenters. The van der Waals surface area contributed by atoms with Crippen molar-refractivity contribution in [3.8, 4) is 28.7 Å². The summed E-state index contributed by atoms with van der Waals surface area (Å²) in [5.74, 6) is 2.15. The molecule has 0 fully saturated rings. The number of nitrogens with one attached hydrogen (secondary N) is 1. The first kappa shape index (κ1) is 39.6. The molecule has 4 aliphatic heterocycles. The zero-order valence-electron chi connectivity index (χ0n) is 34.1. The van der Waals surface area contributed by atoms with Crippen LogP contribution >= 0.6 is 0 Å². The summed E-state index contributed by atoms with van der Waals surface area (Å²) in [6, 6.07) is 22.3. The van der Waals surface area contributed by atoms with E-state index in [0.717, 1.165) is 53.6 Å². The van der Waals surface area contributed by atoms with Crippen LogP contribution in [0.25, 0.3) is 11.1 Å². The van der Waals surface area contributed by atoms with Gasteiger partial charge in [-0.2, -0.15) is 0 Å². The second-order valence-corrected chi connectivity index (χ2v) is 16.3. The molecule has 59 heavy (non-hydrogen) atoms. The maximum absolute atomic E-state index is 13.7. The van der Waals surface area contributed by atoms with Crippen molar-refractivity contribution in [2.24, 2.45) is 9.98 Å². The molecule has 0 bridgehead atoms. The molecule has 4 heterocycles. The van der Waals surface area contributed by atoms with Crippen LogP contribution in [0.2, 0.25) is 0 Å². The van der Waals surface area contributed by atoms with Crippen LogP contribution in [0.3, 0.4) is 0 Å². The van der Waals surface area contributed by atoms with Gasteiger partial charge in [-0.05, 0) is 105 Å². The molecule has 0 radical (unpaired) electrons. The molecule has 306 valence electrons. The molecule has 1 amide bonds. The van der Waals surface area contributed by atoms with Crippen molar-refractivity contribution in [1.82, 2.24) is 9.80 Å². The number of unbranched alkanes of at least 4 members (excludes halogenated alkanes) is 2. The van der Waals surface area contributed by atoms with Crippen molar-refractivity contribution in [2.45, 2.75) is 76.7 Å². The number of hydrogen-bond acceptors (Lipinski definition) is 11. The van der Waals surface area contributed by atoms with E-state index in [4.69, 9.17) is 28.9 Å². The fourth-order valence-corrected chi connectivity index (χ4v) is 7.91. The number of aromatic hydroxyl groups is 1. The Hall–Kier alpha value is -6.27. The number of amides is 1. The van der Waals surface area contributed by atoms with Crippen LogP contribution in [-0.2, 0) is 0 Å². The number of ether oxygens (including phenoxy) is 4. The van der Waals surface area contributed by atoms with Crippen LogP contribution in [0.1, 0.15) is 86.2 Å². The largest absolute Gasteiger partial charge is 0.508 e. The Labute approximate surface area is 345 Å². The first-order valence-electron chi connectivity index (χ1n) is 20.1. The lowest BCUT2D eigenvalue weighted by molar-refractivity contribution is 0.0336. The first-order valence-corrected chi connectivity index (χ1v) is 20.1. The zero-order chi connectivity index (χ0) is 41.3. The summed E-state index contributed by atoms with van der Waals surface area (Å²) in [5.41, 5.74) is 7.56. The van der Waals surface area contributed by atoms with Crippen molar-refractivity contribution < 1.29 is 34.0 Å². The number of phenols is 1. The molecule has 4 aliphatic rings. The summed E-state index contributed by atoms with van der Waals surface area (Å²) in [6.07, 6.45) is 10.5. The van der Waals surface area contributed by atoms with Crippen molar-refractivity contribution >= 4 is 46.5 Å². The predicted octanol–water partition coefficient (Wildman–Crippen LogP) is 9.04. The average molecular weight is 798 g/mol. The van der Waals surface area contributed by atoms with E-state index in [1.807, 2.05) is 47.8 Å². The van der Waals surface area contributed by atoms with E-state index in [9.17, 15) is 15.0 Å². The standard InChI is InChI=1S/C47H51N5O7/c1-47(2,3)50-33-13-9-29(10-14-33)31-19-34-25-48-39-23-43(41(56-4)21-37(39)45(54)51(34)27-31)58-17-7-6-8-18-59-44-24-40-38(22-42(44)57-5)46(55)52-28-32(20-35(52)26-49-40)30-11-15-36(53)16-12-30/h9-16,21-28,34-35,45,50,53-54H,6-8,17-20H2,1-5H3/t34-,35-,45?/m0/s1. The predicted molar refractivity (Wildman–Crippen MR) is 231 cm³/mol. The monoisotopic (exact) mass is 797 g/mol. The summed E-state index contributed by atoms with van der Waals surface area (Å²) in [7, 11) is 3.16. The molecule has 3 N–H and O–H groups in total. The number of methoxy groups -OCH3 is 2. The van der Waals surface area contributed by atoms with Crippen LogP contribution in [-0.4, -0.2) is 83.4 Å². The number of carbonyl (C=O) groups excluding carboxylic acids is 1. The Morgan fingerprint density at radius 3 is 1.97 bits per heavy atom. The molecule has 12 nitrogen and oxygen atoms in total.